The maximum Gasteiger partial charge on any atom is 0.119 e. The molecule has 4 N–H and O–H groups in total. The van der Waals surface area contributed by atoms with E-state index >= 15 is 0 Å². The summed E-state index contributed by atoms with van der Waals surface area (Å²) in [6.07, 6.45) is 32.0. The van der Waals surface area contributed by atoms with Gasteiger partial charge in [-0.25, -0.2) is 0 Å². The average molecular weight is 1790 g/mol. The van der Waals surface area contributed by atoms with Crippen LogP contribution in [0.1, 0.15) is 271 Å². The number of likely N-dealkylation sites (tertiary alicyclic amines) is 4. The molecule has 8 unspecified atom stereocenters. The molecule has 8 aromatic carbocycles. The second kappa shape index (κ2) is 45.5. The molecule has 16 nitrogen and oxygen atoms in total. The maximum atomic E-state index is 9.44. The van der Waals surface area contributed by atoms with Gasteiger partial charge >= 0.3 is 0 Å². The molecule has 4 saturated heterocycles. The molecule has 0 spiro atoms. The van der Waals surface area contributed by atoms with Crippen molar-refractivity contribution in [2.24, 2.45) is 41.4 Å². The van der Waals surface area contributed by atoms with E-state index in [0.717, 1.165) is 211 Å². The topological polar surface area (TPSA) is 193 Å². The second-order valence-electron chi connectivity index (χ2n) is 41.4. The largest absolute Gasteiger partial charge is 0.494 e. The number of piperidine rings is 4. The number of nitrogens with one attached hydrogen (secondary N) is 4. The highest BCUT2D eigenvalue weighted by Gasteiger charge is 2.52. The van der Waals surface area contributed by atoms with Crippen molar-refractivity contribution in [3.05, 3.63) is 259 Å². The summed E-state index contributed by atoms with van der Waals surface area (Å²) in [4.78, 5) is 10.8. The van der Waals surface area contributed by atoms with Crippen LogP contribution in [-0.2, 0) is 54.3 Å². The van der Waals surface area contributed by atoms with Gasteiger partial charge in [-0.2, -0.15) is 21.0 Å². The van der Waals surface area contributed by atoms with Gasteiger partial charge in [-0.05, 0) is 412 Å². The first-order chi connectivity index (χ1) is 65.3. The highest BCUT2D eigenvalue weighted by Crippen LogP contribution is 2.54. The standard InChI is InChI=1S/C117H150N12O4/c1-5-87(80-115(110-18-9-8-16-94(110)42-55-123-115)103-48-65-127(66-49-103)60-12-72-131-107-32-21-89(83-119)22-33-107)75-92-27-38-112-98(76-92)43-57-124-116(112,104-50-67-128(68-51-104)61-13-73-132-108-34-23-90(84-120)24-35-108)81-93-15-10-17-96(77-93)97-29-39-111-99(79-97)44-56-122-114(111,102-46-63-126(64-47-102)59-11-71-130-106-30-19-88(82-118)20-31-106)54-41-86(4)95-28-40-113-100(78-95)45-58-125-117(113,101(6-2)7-3)105-52-69-129(70-53-105)62-14-74-133-109-36-25-91(85-121)26-37-109/h8-9,16,18-40,76,78-79,86-87,93,96,101-105,122-125H,5-7,10-15,17,41-75,77,80-81H2,1-4H3. The van der Waals surface area contributed by atoms with Crippen LogP contribution in [0.4, 0.5) is 0 Å². The van der Waals surface area contributed by atoms with Gasteiger partial charge in [0.05, 0.1) is 73.0 Å². The highest BCUT2D eigenvalue weighted by molar-refractivity contribution is 5.47. The Bertz CT molecular complexity index is 5250. The van der Waals surface area contributed by atoms with Crippen molar-refractivity contribution in [3.8, 4) is 47.3 Å². The molecule has 1 aliphatic carbocycles. The molecule has 0 radical (unpaired) electrons. The molecule has 8 atom stereocenters. The van der Waals surface area contributed by atoms with Crippen molar-refractivity contribution in [1.82, 2.24) is 40.9 Å². The van der Waals surface area contributed by atoms with E-state index in [0.29, 0.717) is 102 Å². The van der Waals surface area contributed by atoms with Gasteiger partial charge in [0.25, 0.3) is 0 Å². The van der Waals surface area contributed by atoms with E-state index in [1.807, 2.05) is 97.1 Å². The predicted molar refractivity (Wildman–Crippen MR) is 534 cm³/mol. The normalized spacial score (nSPS) is 24.0. The van der Waals surface area contributed by atoms with Crippen molar-refractivity contribution in [3.63, 3.8) is 0 Å². The summed E-state index contributed by atoms with van der Waals surface area (Å²) < 4.78 is 24.8. The summed E-state index contributed by atoms with van der Waals surface area (Å²) in [5.74, 6) is 8.14. The molecular formula is C117H150N12O4. The fraction of sp³-hybridized carbons (Fsp3) is 0.556. The molecule has 16 heteroatoms. The van der Waals surface area contributed by atoms with Gasteiger partial charge in [-0.15, -0.1) is 0 Å². The van der Waals surface area contributed by atoms with E-state index in [1.165, 1.54) is 107 Å². The summed E-state index contributed by atoms with van der Waals surface area (Å²) in [5.41, 5.74) is 19.6. The van der Waals surface area contributed by atoms with Gasteiger partial charge in [-0.3, -0.25) is 0 Å². The average Bonchev–Trinajstić information content (AvgIpc) is 0.762. The second-order valence-corrected chi connectivity index (χ2v) is 41.4. The molecule has 17 rings (SSSR count). The number of fused-ring (bicyclic) bond motifs is 4. The number of benzene rings is 8. The van der Waals surface area contributed by atoms with Gasteiger partial charge in [-0.1, -0.05) is 139 Å². The van der Waals surface area contributed by atoms with E-state index in [1.54, 1.807) is 50.1 Å². The Balaban J connectivity index is 0.597. The molecule has 0 bridgehead atoms. The maximum absolute atomic E-state index is 9.44. The number of hydrogen-bond donors (Lipinski definition) is 4. The fourth-order valence-electron chi connectivity index (χ4n) is 26.9. The van der Waals surface area contributed by atoms with Crippen molar-refractivity contribution < 1.29 is 18.9 Å². The quantitative estimate of drug-likeness (QED) is 0.0266. The SMILES string of the molecule is CCC(Cc1ccc2c(c1)CCNC2(CC1CCCC(c2ccc3c(c2)CCNC3(CCC(C)c2ccc3c(c2)CCNC3(C(CC)CC)C2CCN(CCCOc3ccc(C#N)cc3)CC2)C2CCN(CCCOc3ccc(C#N)cc3)CC2)C1)C1CCN(CCCOc2ccc(C#N)cc2)CC1)CC1(C2CCN(CCCOc3ccc(C#N)cc3)CC2)NCCc2ccccc21. The fourth-order valence-corrected chi connectivity index (χ4v) is 26.9. The van der Waals surface area contributed by atoms with Crippen LogP contribution >= 0.6 is 0 Å². The van der Waals surface area contributed by atoms with Crippen LogP contribution in [0.3, 0.4) is 0 Å². The molecule has 9 aliphatic rings. The summed E-state index contributed by atoms with van der Waals surface area (Å²) in [5, 5.41) is 55.2. The van der Waals surface area contributed by atoms with E-state index in [2.05, 4.69) is 172 Å². The van der Waals surface area contributed by atoms with Gasteiger partial charge in [0, 0.05) is 74.5 Å². The molecule has 1 saturated carbocycles. The Morgan fingerprint density at radius 2 is 0.812 bits per heavy atom. The number of ether oxygens (including phenoxy) is 4. The minimum absolute atomic E-state index is 0.0331. The molecule has 8 heterocycles. The third-order valence-electron chi connectivity index (χ3n) is 34.0. The van der Waals surface area contributed by atoms with Crippen molar-refractivity contribution in [2.75, 3.05) is 131 Å². The summed E-state index contributed by atoms with van der Waals surface area (Å²) in [7, 11) is 0. The van der Waals surface area contributed by atoms with Crippen LogP contribution in [0.2, 0.25) is 0 Å². The Kier molecular flexibility index (Phi) is 32.6. The van der Waals surface area contributed by atoms with Crippen molar-refractivity contribution >= 4 is 0 Å². The lowest BCUT2D eigenvalue weighted by molar-refractivity contribution is 0.0488. The molecule has 8 aromatic rings. The molecule has 8 aliphatic heterocycles. The lowest BCUT2D eigenvalue weighted by Crippen LogP contribution is -2.59. The minimum atomic E-state index is -0.122. The van der Waals surface area contributed by atoms with Crippen LogP contribution < -0.4 is 40.2 Å². The molecular weight excluding hydrogens is 1640 g/mol. The number of rotatable bonds is 39. The van der Waals surface area contributed by atoms with Crippen LogP contribution in [0.25, 0.3) is 0 Å². The van der Waals surface area contributed by atoms with Crippen molar-refractivity contribution in [2.45, 2.75) is 241 Å². The summed E-state index contributed by atoms with van der Waals surface area (Å²) in [6.45, 7) is 29.7. The third-order valence-corrected chi connectivity index (χ3v) is 34.0. The molecule has 133 heavy (non-hydrogen) atoms. The van der Waals surface area contributed by atoms with Gasteiger partial charge in [0.1, 0.15) is 23.0 Å². The lowest BCUT2D eigenvalue weighted by Gasteiger charge is -2.53. The molecule has 0 amide bonds. The Morgan fingerprint density at radius 1 is 0.398 bits per heavy atom. The number of nitrogens with zero attached hydrogens (tertiary/aromatic N) is 8. The van der Waals surface area contributed by atoms with E-state index in [9.17, 15) is 21.0 Å². The zero-order valence-corrected chi connectivity index (χ0v) is 80.6. The highest BCUT2D eigenvalue weighted by atomic mass is 16.5. The van der Waals surface area contributed by atoms with Crippen LogP contribution in [0.15, 0.2) is 176 Å². The smallest absolute Gasteiger partial charge is 0.119 e. The third kappa shape index (κ3) is 22.3. The monoisotopic (exact) mass is 1790 g/mol. The summed E-state index contributed by atoms with van der Waals surface area (Å²) >= 11 is 0. The van der Waals surface area contributed by atoms with Gasteiger partial charge in [0.2, 0.25) is 0 Å². The number of nitriles is 4. The first-order valence-electron chi connectivity index (χ1n) is 52.2. The minimum Gasteiger partial charge on any atom is -0.494 e. The van der Waals surface area contributed by atoms with E-state index < -0.39 is 0 Å². The molecule has 5 fully saturated rings. The van der Waals surface area contributed by atoms with Crippen molar-refractivity contribution in [1.29, 1.82) is 21.0 Å². The Morgan fingerprint density at radius 3 is 1.31 bits per heavy atom. The van der Waals surface area contributed by atoms with Crippen LogP contribution in [0.5, 0.6) is 23.0 Å². The van der Waals surface area contributed by atoms with Crippen LogP contribution in [0, 0.1) is 86.7 Å². The van der Waals surface area contributed by atoms with Gasteiger partial charge in [0.15, 0.2) is 0 Å². The summed E-state index contributed by atoms with van der Waals surface area (Å²) in [6, 6.07) is 72.6. The molecule has 0 aromatic heterocycles. The Hall–Kier alpha value is -9.40. The van der Waals surface area contributed by atoms with Gasteiger partial charge < -0.3 is 59.8 Å². The first-order valence-corrected chi connectivity index (χ1v) is 52.2. The zero-order chi connectivity index (χ0) is 91.4. The van der Waals surface area contributed by atoms with E-state index in [4.69, 9.17) is 18.9 Å². The molecule has 702 valence electrons. The predicted octanol–water partition coefficient (Wildman–Crippen LogP) is 21.3. The first kappa shape index (κ1) is 95.3. The van der Waals surface area contributed by atoms with Crippen LogP contribution in [-0.4, -0.2) is 151 Å². The lowest BCUT2D eigenvalue weighted by atomic mass is 9.62. The Labute approximate surface area is 796 Å². The zero-order valence-electron chi connectivity index (χ0n) is 80.6. The van der Waals surface area contributed by atoms with E-state index in [-0.39, 0.29) is 22.2 Å². The number of hydrogen-bond acceptors (Lipinski definition) is 16.